The number of amides is 1. The standard InChI is InChI=1S/C18H24N2O2/c1-4-5-6-8-19-17(22)12-20-9-7-16(21)18-14(3)10-13(2)11-15(18)20/h7,9-11H,4-6,8,12H2,1-3H3,(H,19,22). The lowest BCUT2D eigenvalue weighted by Gasteiger charge is -2.13. The Balaban J connectivity index is 2.23. The molecule has 1 N–H and O–H groups in total. The first kappa shape index (κ1) is 16.3. The molecule has 0 aliphatic rings. The lowest BCUT2D eigenvalue weighted by Crippen LogP contribution is -2.29. The van der Waals surface area contributed by atoms with Gasteiger partial charge in [-0.15, -0.1) is 0 Å². The maximum absolute atomic E-state index is 12.1. The minimum atomic E-state index is -0.0137. The van der Waals surface area contributed by atoms with E-state index >= 15 is 0 Å². The Hall–Kier alpha value is -2.10. The first-order chi connectivity index (χ1) is 10.5. The molecule has 4 nitrogen and oxygen atoms in total. The van der Waals surface area contributed by atoms with Gasteiger partial charge < -0.3 is 9.88 Å². The molecule has 4 heteroatoms. The lowest BCUT2D eigenvalue weighted by atomic mass is 10.1. The highest BCUT2D eigenvalue weighted by molar-refractivity contribution is 5.85. The zero-order valence-corrected chi connectivity index (χ0v) is 13.6. The molecule has 0 bridgehead atoms. The Kier molecular flexibility index (Phi) is 5.36. The van der Waals surface area contributed by atoms with Crippen molar-refractivity contribution in [3.8, 4) is 0 Å². The predicted molar refractivity (Wildman–Crippen MR) is 90.2 cm³/mol. The molecule has 118 valence electrons. The fourth-order valence-corrected chi connectivity index (χ4v) is 2.76. The summed E-state index contributed by atoms with van der Waals surface area (Å²) in [6, 6.07) is 5.50. The molecule has 2 aromatic rings. The summed E-state index contributed by atoms with van der Waals surface area (Å²) in [7, 11) is 0. The van der Waals surface area contributed by atoms with Gasteiger partial charge in [-0.2, -0.15) is 0 Å². The van der Waals surface area contributed by atoms with Gasteiger partial charge in [-0.1, -0.05) is 25.8 Å². The zero-order chi connectivity index (χ0) is 16.1. The number of nitrogens with zero attached hydrogens (tertiary/aromatic N) is 1. The molecule has 22 heavy (non-hydrogen) atoms. The van der Waals surface area contributed by atoms with E-state index in [0.717, 1.165) is 35.9 Å². The number of hydrogen-bond donors (Lipinski definition) is 1. The molecule has 0 saturated carbocycles. The molecule has 2 rings (SSSR count). The van der Waals surface area contributed by atoms with Crippen molar-refractivity contribution in [2.75, 3.05) is 6.54 Å². The summed E-state index contributed by atoms with van der Waals surface area (Å²) in [5.41, 5.74) is 2.88. The van der Waals surface area contributed by atoms with E-state index in [4.69, 9.17) is 0 Å². The zero-order valence-electron chi connectivity index (χ0n) is 13.6. The average Bonchev–Trinajstić information content (AvgIpc) is 2.46. The number of carbonyl (C=O) groups is 1. The number of hydrogen-bond acceptors (Lipinski definition) is 2. The molecule has 0 atom stereocenters. The molecular weight excluding hydrogens is 276 g/mol. The molecule has 0 aliphatic carbocycles. The highest BCUT2D eigenvalue weighted by Gasteiger charge is 2.09. The van der Waals surface area contributed by atoms with E-state index in [2.05, 4.69) is 12.2 Å². The van der Waals surface area contributed by atoms with Crippen molar-refractivity contribution in [1.29, 1.82) is 0 Å². The lowest BCUT2D eigenvalue weighted by molar-refractivity contribution is -0.121. The molecule has 0 fully saturated rings. The van der Waals surface area contributed by atoms with Crippen molar-refractivity contribution in [3.63, 3.8) is 0 Å². The van der Waals surface area contributed by atoms with Crippen molar-refractivity contribution in [1.82, 2.24) is 9.88 Å². The molecule has 1 amide bonds. The first-order valence-corrected chi connectivity index (χ1v) is 7.90. The number of unbranched alkanes of at least 4 members (excludes halogenated alkanes) is 2. The van der Waals surface area contributed by atoms with E-state index in [0.29, 0.717) is 11.9 Å². The third-order valence-corrected chi connectivity index (χ3v) is 3.84. The van der Waals surface area contributed by atoms with Gasteiger partial charge in [0.1, 0.15) is 6.54 Å². The summed E-state index contributed by atoms with van der Waals surface area (Å²) in [5.74, 6) is -0.0137. The first-order valence-electron chi connectivity index (χ1n) is 7.90. The largest absolute Gasteiger partial charge is 0.355 e. The van der Waals surface area contributed by atoms with E-state index in [1.807, 2.05) is 30.5 Å². The topological polar surface area (TPSA) is 51.1 Å². The van der Waals surface area contributed by atoms with Crippen molar-refractivity contribution < 1.29 is 4.79 Å². The fourth-order valence-electron chi connectivity index (χ4n) is 2.76. The van der Waals surface area contributed by atoms with E-state index in [1.165, 1.54) is 6.07 Å². The Morgan fingerprint density at radius 3 is 2.73 bits per heavy atom. The van der Waals surface area contributed by atoms with Crippen LogP contribution in [0.5, 0.6) is 0 Å². The Labute approximate surface area is 131 Å². The molecule has 0 spiro atoms. The van der Waals surface area contributed by atoms with Crippen LogP contribution in [-0.4, -0.2) is 17.0 Å². The Morgan fingerprint density at radius 1 is 1.23 bits per heavy atom. The monoisotopic (exact) mass is 300 g/mol. The van der Waals surface area contributed by atoms with Crippen LogP contribution in [0.4, 0.5) is 0 Å². The number of pyridine rings is 1. The normalized spacial score (nSPS) is 10.9. The summed E-state index contributed by atoms with van der Waals surface area (Å²) in [4.78, 5) is 24.1. The number of rotatable bonds is 6. The fraction of sp³-hybridized carbons (Fsp3) is 0.444. The highest BCUT2D eigenvalue weighted by atomic mass is 16.2. The predicted octanol–water partition coefficient (Wildman–Crippen LogP) is 2.92. The maximum Gasteiger partial charge on any atom is 0.239 e. The molecule has 0 radical (unpaired) electrons. The molecule has 1 heterocycles. The highest BCUT2D eigenvalue weighted by Crippen LogP contribution is 2.17. The second kappa shape index (κ2) is 7.25. The van der Waals surface area contributed by atoms with Crippen LogP contribution in [0.15, 0.2) is 29.2 Å². The van der Waals surface area contributed by atoms with Crippen LogP contribution in [-0.2, 0) is 11.3 Å². The van der Waals surface area contributed by atoms with Gasteiger partial charge in [0.05, 0.1) is 5.52 Å². The summed E-state index contributed by atoms with van der Waals surface area (Å²) < 4.78 is 1.85. The third-order valence-electron chi connectivity index (χ3n) is 3.84. The van der Waals surface area contributed by atoms with Crippen LogP contribution in [0.2, 0.25) is 0 Å². The van der Waals surface area contributed by atoms with Crippen molar-refractivity contribution in [2.24, 2.45) is 0 Å². The van der Waals surface area contributed by atoms with Gasteiger partial charge in [0.15, 0.2) is 5.43 Å². The maximum atomic E-state index is 12.1. The second-order valence-corrected chi connectivity index (χ2v) is 5.84. The minimum absolute atomic E-state index is 0.00658. The quantitative estimate of drug-likeness (QED) is 0.834. The van der Waals surface area contributed by atoms with Crippen molar-refractivity contribution in [2.45, 2.75) is 46.6 Å². The van der Waals surface area contributed by atoms with E-state index < -0.39 is 0 Å². The number of aromatic nitrogens is 1. The van der Waals surface area contributed by atoms with Crippen molar-refractivity contribution >= 4 is 16.8 Å². The van der Waals surface area contributed by atoms with Crippen LogP contribution in [0, 0.1) is 13.8 Å². The molecule has 1 aromatic heterocycles. The summed E-state index contributed by atoms with van der Waals surface area (Å²) in [5, 5.41) is 3.64. The van der Waals surface area contributed by atoms with Gasteiger partial charge in [-0.3, -0.25) is 9.59 Å². The van der Waals surface area contributed by atoms with Gasteiger partial charge in [0.25, 0.3) is 0 Å². The number of aryl methyl sites for hydroxylation is 2. The minimum Gasteiger partial charge on any atom is -0.355 e. The van der Waals surface area contributed by atoms with Crippen LogP contribution >= 0.6 is 0 Å². The third kappa shape index (κ3) is 3.75. The van der Waals surface area contributed by atoms with Crippen LogP contribution in [0.3, 0.4) is 0 Å². The van der Waals surface area contributed by atoms with E-state index in [1.54, 1.807) is 6.20 Å². The van der Waals surface area contributed by atoms with Crippen LogP contribution in [0.25, 0.3) is 10.9 Å². The SMILES string of the molecule is CCCCCNC(=O)Cn1ccc(=O)c2c(C)cc(C)cc21. The second-order valence-electron chi connectivity index (χ2n) is 5.84. The number of nitrogens with one attached hydrogen (secondary N) is 1. The van der Waals surface area contributed by atoms with Gasteiger partial charge >= 0.3 is 0 Å². The van der Waals surface area contributed by atoms with Crippen molar-refractivity contribution in [3.05, 3.63) is 45.7 Å². The smallest absolute Gasteiger partial charge is 0.239 e. The van der Waals surface area contributed by atoms with Crippen LogP contribution < -0.4 is 10.7 Å². The summed E-state index contributed by atoms with van der Waals surface area (Å²) >= 11 is 0. The molecule has 0 unspecified atom stereocenters. The average molecular weight is 300 g/mol. The number of benzene rings is 1. The van der Waals surface area contributed by atoms with Gasteiger partial charge in [0, 0.05) is 24.2 Å². The molecule has 0 aliphatic heterocycles. The Morgan fingerprint density at radius 2 is 2.00 bits per heavy atom. The number of fused-ring (bicyclic) bond motifs is 1. The molecule has 0 saturated heterocycles. The number of carbonyl (C=O) groups excluding carboxylic acids is 1. The Bertz CT molecular complexity index is 732. The van der Waals surface area contributed by atoms with Gasteiger partial charge in [-0.25, -0.2) is 0 Å². The summed E-state index contributed by atoms with van der Waals surface area (Å²) in [6.07, 6.45) is 4.97. The molecular formula is C18H24N2O2. The molecule has 1 aromatic carbocycles. The van der Waals surface area contributed by atoms with Gasteiger partial charge in [-0.05, 0) is 37.5 Å². The van der Waals surface area contributed by atoms with E-state index in [9.17, 15) is 9.59 Å². The van der Waals surface area contributed by atoms with E-state index in [-0.39, 0.29) is 17.9 Å². The van der Waals surface area contributed by atoms with Crippen LogP contribution in [0.1, 0.15) is 37.3 Å². The van der Waals surface area contributed by atoms with Gasteiger partial charge in [0.2, 0.25) is 5.91 Å². The summed E-state index contributed by atoms with van der Waals surface area (Å²) in [6.45, 7) is 7.03.